The summed E-state index contributed by atoms with van der Waals surface area (Å²) in [6.45, 7) is 0.343. The summed E-state index contributed by atoms with van der Waals surface area (Å²) < 4.78 is 10.8. The number of rotatable bonds is 8. The molecule has 3 rings (SSSR count). The predicted molar refractivity (Wildman–Crippen MR) is 105 cm³/mol. The van der Waals surface area contributed by atoms with Crippen LogP contribution in [0.4, 0.5) is 10.5 Å². The average molecular weight is 382 g/mol. The SMILES string of the molecule is COc1cccc(CNC(=O)Nc2ccc(-c3cn[nH]c3)cc2OCCO)c1. The van der Waals surface area contributed by atoms with Crippen LogP contribution in [-0.4, -0.2) is 41.7 Å². The van der Waals surface area contributed by atoms with Gasteiger partial charge in [0.1, 0.15) is 18.1 Å². The van der Waals surface area contributed by atoms with Gasteiger partial charge in [-0.2, -0.15) is 5.10 Å². The first-order chi connectivity index (χ1) is 13.7. The zero-order chi connectivity index (χ0) is 19.8. The van der Waals surface area contributed by atoms with Crippen molar-refractivity contribution in [2.45, 2.75) is 6.54 Å². The number of aromatic amines is 1. The average Bonchev–Trinajstić information content (AvgIpc) is 3.26. The van der Waals surface area contributed by atoms with E-state index < -0.39 is 0 Å². The molecule has 2 aromatic carbocycles. The fourth-order valence-electron chi connectivity index (χ4n) is 2.62. The first-order valence-electron chi connectivity index (χ1n) is 8.74. The van der Waals surface area contributed by atoms with Crippen LogP contribution in [-0.2, 0) is 6.54 Å². The number of aromatic nitrogens is 2. The fraction of sp³-hybridized carbons (Fsp3) is 0.200. The number of ether oxygens (including phenoxy) is 2. The maximum Gasteiger partial charge on any atom is 0.319 e. The zero-order valence-electron chi connectivity index (χ0n) is 15.4. The Bertz CT molecular complexity index is 912. The first kappa shape index (κ1) is 19.2. The topological polar surface area (TPSA) is 108 Å². The maximum absolute atomic E-state index is 12.3. The molecule has 0 aliphatic rings. The quantitative estimate of drug-likeness (QED) is 0.479. The van der Waals surface area contributed by atoms with E-state index >= 15 is 0 Å². The number of carbonyl (C=O) groups excluding carboxylic acids is 1. The van der Waals surface area contributed by atoms with Crippen LogP contribution in [0.5, 0.6) is 11.5 Å². The lowest BCUT2D eigenvalue weighted by atomic mass is 10.1. The third-order valence-corrected chi connectivity index (χ3v) is 4.00. The van der Waals surface area contributed by atoms with Gasteiger partial charge in [-0.15, -0.1) is 0 Å². The van der Waals surface area contributed by atoms with Crippen LogP contribution in [0.25, 0.3) is 11.1 Å². The number of anilines is 1. The monoisotopic (exact) mass is 382 g/mol. The second kappa shape index (κ2) is 9.43. The third kappa shape index (κ3) is 5.01. The molecule has 4 N–H and O–H groups in total. The summed E-state index contributed by atoms with van der Waals surface area (Å²) in [4.78, 5) is 12.3. The molecule has 0 aliphatic carbocycles. The molecule has 0 unspecified atom stereocenters. The van der Waals surface area contributed by atoms with Crippen LogP contribution in [0.2, 0.25) is 0 Å². The Labute approximate surface area is 162 Å². The van der Waals surface area contributed by atoms with Gasteiger partial charge in [0.2, 0.25) is 0 Å². The molecule has 8 heteroatoms. The normalized spacial score (nSPS) is 10.4. The molecule has 146 valence electrons. The Morgan fingerprint density at radius 3 is 2.86 bits per heavy atom. The van der Waals surface area contributed by atoms with E-state index in [-0.39, 0.29) is 19.2 Å². The molecule has 3 aromatic rings. The lowest BCUT2D eigenvalue weighted by Crippen LogP contribution is -2.28. The Morgan fingerprint density at radius 1 is 1.21 bits per heavy atom. The molecule has 0 bridgehead atoms. The molecule has 0 atom stereocenters. The van der Waals surface area contributed by atoms with Gasteiger partial charge in [-0.05, 0) is 35.4 Å². The summed E-state index contributed by atoms with van der Waals surface area (Å²) in [7, 11) is 1.60. The Morgan fingerprint density at radius 2 is 2.11 bits per heavy atom. The summed E-state index contributed by atoms with van der Waals surface area (Å²) in [5, 5.41) is 21.3. The van der Waals surface area contributed by atoms with Gasteiger partial charge in [0.05, 0.1) is 25.6 Å². The summed E-state index contributed by atoms with van der Waals surface area (Å²) in [6.07, 6.45) is 3.46. The third-order valence-electron chi connectivity index (χ3n) is 4.00. The van der Waals surface area contributed by atoms with Crippen LogP contribution < -0.4 is 20.1 Å². The molecular formula is C20H22N4O4. The van der Waals surface area contributed by atoms with Crippen molar-refractivity contribution in [1.82, 2.24) is 15.5 Å². The highest BCUT2D eigenvalue weighted by atomic mass is 16.5. The number of H-pyrrole nitrogens is 1. The van der Waals surface area contributed by atoms with Crippen molar-refractivity contribution in [2.24, 2.45) is 0 Å². The van der Waals surface area contributed by atoms with Crippen molar-refractivity contribution in [3.8, 4) is 22.6 Å². The van der Waals surface area contributed by atoms with Gasteiger partial charge < -0.3 is 25.2 Å². The highest BCUT2D eigenvalue weighted by molar-refractivity contribution is 5.91. The minimum Gasteiger partial charge on any atom is -0.497 e. The molecule has 0 aliphatic heterocycles. The van der Waals surface area contributed by atoms with E-state index in [1.54, 1.807) is 31.6 Å². The summed E-state index contributed by atoms with van der Waals surface area (Å²) >= 11 is 0. The molecule has 2 amide bonds. The molecule has 0 saturated heterocycles. The molecule has 0 saturated carbocycles. The predicted octanol–water partition coefficient (Wildman–Crippen LogP) is 2.78. The lowest BCUT2D eigenvalue weighted by molar-refractivity contribution is 0.202. The Hall–Kier alpha value is -3.52. The summed E-state index contributed by atoms with van der Waals surface area (Å²) in [6, 6.07) is 12.5. The number of urea groups is 1. The molecule has 1 heterocycles. The highest BCUT2D eigenvalue weighted by Crippen LogP contribution is 2.30. The lowest BCUT2D eigenvalue weighted by Gasteiger charge is -2.14. The van der Waals surface area contributed by atoms with E-state index in [1.807, 2.05) is 30.3 Å². The Balaban J connectivity index is 1.68. The number of carbonyl (C=O) groups is 1. The van der Waals surface area contributed by atoms with Crippen LogP contribution in [0.3, 0.4) is 0 Å². The van der Waals surface area contributed by atoms with Gasteiger partial charge in [-0.25, -0.2) is 4.79 Å². The second-order valence-corrected chi connectivity index (χ2v) is 5.93. The maximum atomic E-state index is 12.3. The first-order valence-corrected chi connectivity index (χ1v) is 8.74. The number of nitrogens with one attached hydrogen (secondary N) is 3. The fourth-order valence-corrected chi connectivity index (χ4v) is 2.62. The number of nitrogens with zero attached hydrogens (tertiary/aromatic N) is 1. The van der Waals surface area contributed by atoms with Crippen LogP contribution in [0.1, 0.15) is 5.56 Å². The number of amides is 2. The largest absolute Gasteiger partial charge is 0.497 e. The smallest absolute Gasteiger partial charge is 0.319 e. The molecule has 0 radical (unpaired) electrons. The number of methoxy groups -OCH3 is 1. The molecule has 8 nitrogen and oxygen atoms in total. The molecule has 0 fully saturated rings. The van der Waals surface area contributed by atoms with E-state index in [4.69, 9.17) is 14.6 Å². The Kier molecular flexibility index (Phi) is 6.48. The van der Waals surface area contributed by atoms with Crippen molar-refractivity contribution in [3.63, 3.8) is 0 Å². The zero-order valence-corrected chi connectivity index (χ0v) is 15.4. The van der Waals surface area contributed by atoms with Crippen LogP contribution in [0.15, 0.2) is 54.9 Å². The van der Waals surface area contributed by atoms with Gasteiger partial charge in [0.15, 0.2) is 0 Å². The second-order valence-electron chi connectivity index (χ2n) is 5.93. The van der Waals surface area contributed by atoms with E-state index in [0.29, 0.717) is 18.0 Å². The standard InChI is InChI=1S/C20H22N4O4/c1-27-17-4-2-3-14(9-17)11-21-20(26)24-18-6-5-15(16-12-22-23-13-16)10-19(18)28-8-7-25/h2-6,9-10,12-13,25H,7-8,11H2,1H3,(H,22,23)(H2,21,24,26). The molecular weight excluding hydrogens is 360 g/mol. The van der Waals surface area contributed by atoms with Crippen molar-refractivity contribution >= 4 is 11.7 Å². The van der Waals surface area contributed by atoms with Gasteiger partial charge >= 0.3 is 6.03 Å². The molecule has 28 heavy (non-hydrogen) atoms. The van der Waals surface area contributed by atoms with Crippen LogP contribution in [0, 0.1) is 0 Å². The number of aliphatic hydroxyl groups excluding tert-OH is 1. The molecule has 1 aromatic heterocycles. The van der Waals surface area contributed by atoms with Crippen molar-refractivity contribution in [2.75, 3.05) is 25.6 Å². The van der Waals surface area contributed by atoms with Crippen LogP contribution >= 0.6 is 0 Å². The number of hydrogen-bond acceptors (Lipinski definition) is 5. The van der Waals surface area contributed by atoms with E-state index in [1.165, 1.54) is 0 Å². The summed E-state index contributed by atoms with van der Waals surface area (Å²) in [5.74, 6) is 1.19. The number of hydrogen-bond donors (Lipinski definition) is 4. The highest BCUT2D eigenvalue weighted by Gasteiger charge is 2.11. The number of aliphatic hydroxyl groups is 1. The minimum absolute atomic E-state index is 0.120. The van der Waals surface area contributed by atoms with Gasteiger partial charge in [0.25, 0.3) is 0 Å². The van der Waals surface area contributed by atoms with E-state index in [2.05, 4.69) is 20.8 Å². The van der Waals surface area contributed by atoms with E-state index in [9.17, 15) is 4.79 Å². The van der Waals surface area contributed by atoms with E-state index in [0.717, 1.165) is 22.4 Å². The van der Waals surface area contributed by atoms with Gasteiger partial charge in [0, 0.05) is 18.3 Å². The van der Waals surface area contributed by atoms with Gasteiger partial charge in [-0.3, -0.25) is 5.10 Å². The number of benzene rings is 2. The summed E-state index contributed by atoms with van der Waals surface area (Å²) in [5.41, 5.74) is 3.19. The van der Waals surface area contributed by atoms with Crippen molar-refractivity contribution in [1.29, 1.82) is 0 Å². The minimum atomic E-state index is -0.368. The molecule has 0 spiro atoms. The van der Waals surface area contributed by atoms with Crippen molar-refractivity contribution < 1.29 is 19.4 Å². The van der Waals surface area contributed by atoms with Crippen molar-refractivity contribution in [3.05, 3.63) is 60.4 Å². The van der Waals surface area contributed by atoms with Gasteiger partial charge in [-0.1, -0.05) is 18.2 Å².